The largest absolute Gasteiger partial charge is 0.161 e. The summed E-state index contributed by atoms with van der Waals surface area (Å²) >= 11 is 9.14. The van der Waals surface area contributed by atoms with Crippen molar-refractivity contribution in [2.75, 3.05) is 0 Å². The molecule has 0 nitrogen and oxygen atoms in total. The first-order valence-corrected chi connectivity index (χ1v) is 5.81. The molecule has 77 valence electrons. The van der Waals surface area contributed by atoms with Crippen LogP contribution in [0.4, 0.5) is 0 Å². The highest BCUT2D eigenvalue weighted by Gasteiger charge is 2.19. The van der Waals surface area contributed by atoms with Crippen molar-refractivity contribution < 1.29 is 0 Å². The number of thiol groups is 2. The highest BCUT2D eigenvalue weighted by molar-refractivity contribution is 8.00. The lowest BCUT2D eigenvalue weighted by molar-refractivity contribution is 0.671. The van der Waals surface area contributed by atoms with E-state index in [1.807, 2.05) is 18.2 Å². The summed E-state index contributed by atoms with van der Waals surface area (Å²) in [7, 11) is 0. The van der Waals surface area contributed by atoms with Gasteiger partial charge in [0.15, 0.2) is 0 Å². The lowest BCUT2D eigenvalue weighted by Gasteiger charge is -2.22. The summed E-state index contributed by atoms with van der Waals surface area (Å²) in [5.74, 6) is 0. The first-order chi connectivity index (χ1) is 6.64. The molecule has 14 heavy (non-hydrogen) atoms. The van der Waals surface area contributed by atoms with Crippen LogP contribution >= 0.6 is 25.3 Å². The van der Waals surface area contributed by atoms with E-state index in [4.69, 9.17) is 0 Å². The summed E-state index contributed by atoms with van der Waals surface area (Å²) in [4.78, 5) is 0. The minimum atomic E-state index is -0.195. The van der Waals surface area contributed by atoms with Crippen molar-refractivity contribution in [1.29, 1.82) is 0 Å². The van der Waals surface area contributed by atoms with E-state index in [1.165, 1.54) is 5.56 Å². The Labute approximate surface area is 97.9 Å². The fraction of sp³-hybridized carbons (Fsp3) is 0.417. The maximum absolute atomic E-state index is 4.57. The normalized spacial score (nSPS) is 11.6. The number of hydrogen-bond donors (Lipinski definition) is 2. The van der Waals surface area contributed by atoms with E-state index in [9.17, 15) is 0 Å². The topological polar surface area (TPSA) is 0 Å². The van der Waals surface area contributed by atoms with Gasteiger partial charge in [-0.05, 0) is 18.4 Å². The van der Waals surface area contributed by atoms with Crippen molar-refractivity contribution in [2.45, 2.75) is 29.8 Å². The second kappa shape index (κ2) is 5.72. The predicted octanol–water partition coefficient (Wildman–Crippen LogP) is 3.79. The Balaban J connectivity index is 2.50. The summed E-state index contributed by atoms with van der Waals surface area (Å²) < 4.78 is -0.195. The molecule has 0 spiro atoms. The number of benzene rings is 1. The second-order valence-corrected chi connectivity index (χ2v) is 5.67. The predicted molar refractivity (Wildman–Crippen MR) is 70.1 cm³/mol. The Morgan fingerprint density at radius 1 is 1.14 bits per heavy atom. The lowest BCUT2D eigenvalue weighted by Crippen LogP contribution is -2.16. The van der Waals surface area contributed by atoms with E-state index in [2.05, 4.69) is 44.3 Å². The average Bonchev–Trinajstić information content (AvgIpc) is 2.16. The van der Waals surface area contributed by atoms with Crippen molar-refractivity contribution in [3.05, 3.63) is 42.8 Å². The molecule has 0 aromatic heterocycles. The zero-order valence-corrected chi connectivity index (χ0v) is 10.1. The molecular weight excluding hydrogens is 208 g/mol. The zero-order chi connectivity index (χ0) is 10.4. The van der Waals surface area contributed by atoms with Crippen LogP contribution in [0.15, 0.2) is 30.3 Å². The SMILES string of the molecule is [CH2]CCCC(S)(S)Cc1ccccc1. The molecule has 1 radical (unpaired) electrons. The third-order valence-electron chi connectivity index (χ3n) is 2.16. The minimum absolute atomic E-state index is 0.195. The van der Waals surface area contributed by atoms with E-state index in [1.54, 1.807) is 0 Å². The maximum Gasteiger partial charge on any atom is 0.0592 e. The zero-order valence-electron chi connectivity index (χ0n) is 8.32. The van der Waals surface area contributed by atoms with E-state index >= 15 is 0 Å². The van der Waals surface area contributed by atoms with Gasteiger partial charge in [0.2, 0.25) is 0 Å². The van der Waals surface area contributed by atoms with E-state index < -0.39 is 0 Å². The van der Waals surface area contributed by atoms with E-state index in [0.29, 0.717) is 0 Å². The van der Waals surface area contributed by atoms with Gasteiger partial charge in [-0.1, -0.05) is 50.1 Å². The van der Waals surface area contributed by atoms with Gasteiger partial charge in [0.05, 0.1) is 4.08 Å². The van der Waals surface area contributed by atoms with Crippen LogP contribution in [-0.4, -0.2) is 4.08 Å². The fourth-order valence-electron chi connectivity index (χ4n) is 1.42. The molecule has 0 N–H and O–H groups in total. The summed E-state index contributed by atoms with van der Waals surface area (Å²) in [5, 5.41) is 0. The van der Waals surface area contributed by atoms with Gasteiger partial charge in [0.25, 0.3) is 0 Å². The summed E-state index contributed by atoms with van der Waals surface area (Å²) in [6.45, 7) is 3.83. The Hall–Kier alpha value is -0.0800. The molecule has 0 aliphatic carbocycles. The van der Waals surface area contributed by atoms with Crippen LogP contribution in [0.3, 0.4) is 0 Å². The standard InChI is InChI=1S/C12H17S2/c1-2-3-9-12(13,14)10-11-7-5-4-6-8-11/h4-8,13-14H,1-3,9-10H2. The average molecular weight is 225 g/mol. The first-order valence-electron chi connectivity index (χ1n) is 4.92. The quantitative estimate of drug-likeness (QED) is 0.553. The molecule has 1 rings (SSSR count). The Morgan fingerprint density at radius 2 is 1.79 bits per heavy atom. The van der Waals surface area contributed by atoms with Crippen molar-refractivity contribution >= 4 is 25.3 Å². The molecule has 0 saturated heterocycles. The highest BCUT2D eigenvalue weighted by Crippen LogP contribution is 2.30. The van der Waals surface area contributed by atoms with Crippen LogP contribution in [0.5, 0.6) is 0 Å². The molecule has 0 bridgehead atoms. The van der Waals surface area contributed by atoms with Crippen molar-refractivity contribution in [3.63, 3.8) is 0 Å². The first kappa shape index (κ1) is 12.0. The van der Waals surface area contributed by atoms with Gasteiger partial charge in [-0.25, -0.2) is 0 Å². The van der Waals surface area contributed by atoms with Crippen molar-refractivity contribution in [3.8, 4) is 0 Å². The molecule has 0 aliphatic heterocycles. The van der Waals surface area contributed by atoms with Crippen molar-refractivity contribution in [1.82, 2.24) is 0 Å². The van der Waals surface area contributed by atoms with Gasteiger partial charge in [-0.15, -0.1) is 0 Å². The molecule has 0 amide bonds. The summed E-state index contributed by atoms with van der Waals surface area (Å²) in [6, 6.07) is 10.4. The highest BCUT2D eigenvalue weighted by atomic mass is 32.2. The van der Waals surface area contributed by atoms with E-state index in [0.717, 1.165) is 25.7 Å². The van der Waals surface area contributed by atoms with Gasteiger partial charge in [-0.3, -0.25) is 0 Å². The third kappa shape index (κ3) is 4.43. The molecule has 0 fully saturated rings. The van der Waals surface area contributed by atoms with Crippen LogP contribution in [0.25, 0.3) is 0 Å². The number of unbranched alkanes of at least 4 members (excludes halogenated alkanes) is 1. The number of hydrogen-bond acceptors (Lipinski definition) is 2. The smallest absolute Gasteiger partial charge is 0.0592 e. The molecule has 1 aromatic carbocycles. The second-order valence-electron chi connectivity index (χ2n) is 3.60. The van der Waals surface area contributed by atoms with Gasteiger partial charge in [0.1, 0.15) is 0 Å². The fourth-order valence-corrected chi connectivity index (χ4v) is 2.10. The van der Waals surface area contributed by atoms with Crippen LogP contribution in [-0.2, 0) is 6.42 Å². The van der Waals surface area contributed by atoms with Gasteiger partial charge < -0.3 is 0 Å². The summed E-state index contributed by atoms with van der Waals surface area (Å²) in [5.41, 5.74) is 1.29. The minimum Gasteiger partial charge on any atom is -0.161 e. The van der Waals surface area contributed by atoms with Crippen molar-refractivity contribution in [2.24, 2.45) is 0 Å². The van der Waals surface area contributed by atoms with Gasteiger partial charge >= 0.3 is 0 Å². The number of rotatable bonds is 5. The Bertz CT molecular complexity index is 254. The molecule has 2 heteroatoms. The molecular formula is C12H17S2. The Kier molecular flexibility index (Phi) is 4.90. The lowest BCUT2D eigenvalue weighted by atomic mass is 10.1. The van der Waals surface area contributed by atoms with Crippen LogP contribution in [0.1, 0.15) is 24.8 Å². The molecule has 0 saturated carbocycles. The molecule has 0 aliphatic rings. The van der Waals surface area contributed by atoms with Gasteiger partial charge in [0, 0.05) is 0 Å². The van der Waals surface area contributed by atoms with Gasteiger partial charge in [-0.2, -0.15) is 25.3 Å². The maximum atomic E-state index is 4.57. The van der Waals surface area contributed by atoms with Crippen LogP contribution in [0, 0.1) is 6.92 Å². The molecule has 0 unspecified atom stereocenters. The van der Waals surface area contributed by atoms with E-state index in [-0.39, 0.29) is 4.08 Å². The molecule has 1 aromatic rings. The van der Waals surface area contributed by atoms with Crippen LogP contribution < -0.4 is 0 Å². The molecule has 0 atom stereocenters. The Morgan fingerprint density at radius 3 is 2.36 bits per heavy atom. The monoisotopic (exact) mass is 225 g/mol. The van der Waals surface area contributed by atoms with Crippen LogP contribution in [0.2, 0.25) is 0 Å². The molecule has 0 heterocycles. The third-order valence-corrected chi connectivity index (χ3v) is 2.92. The summed E-state index contributed by atoms with van der Waals surface area (Å²) in [6.07, 6.45) is 3.94.